The Morgan fingerprint density at radius 3 is 2.88 bits per heavy atom. The second-order valence-corrected chi connectivity index (χ2v) is 9.26. The Kier molecular flexibility index (Phi) is 2.99. The summed E-state index contributed by atoms with van der Waals surface area (Å²) in [5.41, 5.74) is 2.25. The zero-order valence-corrected chi connectivity index (χ0v) is 15.7. The molecule has 4 unspecified atom stereocenters. The third-order valence-corrected chi connectivity index (χ3v) is 7.92. The van der Waals surface area contributed by atoms with Crippen LogP contribution in [-0.4, -0.2) is 53.1 Å². The van der Waals surface area contributed by atoms with E-state index in [0.717, 1.165) is 44.0 Å². The summed E-state index contributed by atoms with van der Waals surface area (Å²) >= 11 is 0. The first kappa shape index (κ1) is 15.7. The highest BCUT2D eigenvalue weighted by molar-refractivity contribution is 5.60. The fraction of sp³-hybridized carbons (Fsp3) is 0.714. The van der Waals surface area contributed by atoms with Crippen molar-refractivity contribution in [1.29, 1.82) is 0 Å². The fourth-order valence-electron chi connectivity index (χ4n) is 6.41. The monoisotopic (exact) mass is 356 g/mol. The molecule has 1 aromatic carbocycles. The highest BCUT2D eigenvalue weighted by Crippen LogP contribution is 2.63. The van der Waals surface area contributed by atoms with Crippen LogP contribution < -0.4 is 4.74 Å². The zero-order valence-electron chi connectivity index (χ0n) is 15.7. The van der Waals surface area contributed by atoms with Crippen molar-refractivity contribution in [3.8, 4) is 11.5 Å². The molecule has 1 saturated heterocycles. The number of methoxy groups -OCH3 is 1. The van der Waals surface area contributed by atoms with Crippen LogP contribution in [0.4, 0.5) is 0 Å². The molecule has 0 amide bonds. The molecule has 1 aromatic rings. The minimum absolute atomic E-state index is 0.0252. The molecule has 5 nitrogen and oxygen atoms in total. The number of nitrogens with zero attached hydrogens (tertiary/aromatic N) is 2. The van der Waals surface area contributed by atoms with Gasteiger partial charge in [-0.2, -0.15) is 0 Å². The van der Waals surface area contributed by atoms with Crippen molar-refractivity contribution >= 4 is 0 Å². The van der Waals surface area contributed by atoms with Gasteiger partial charge in [-0.3, -0.25) is 0 Å². The summed E-state index contributed by atoms with van der Waals surface area (Å²) in [5, 5.41) is 15.9. The van der Waals surface area contributed by atoms with Gasteiger partial charge in [-0.1, -0.05) is 6.07 Å². The smallest absolute Gasteiger partial charge is 0.165 e. The van der Waals surface area contributed by atoms with Gasteiger partial charge in [-0.15, -0.1) is 0 Å². The highest BCUT2D eigenvalue weighted by Gasteiger charge is 2.68. The van der Waals surface area contributed by atoms with E-state index in [1.54, 1.807) is 0 Å². The number of phenols is 1. The molecule has 6 aliphatic rings. The van der Waals surface area contributed by atoms with Crippen molar-refractivity contribution in [2.24, 2.45) is 5.92 Å². The summed E-state index contributed by atoms with van der Waals surface area (Å²) in [6.45, 7) is 5.39. The summed E-state index contributed by atoms with van der Waals surface area (Å²) in [4.78, 5) is 0. The third-order valence-electron chi connectivity index (χ3n) is 7.92. The van der Waals surface area contributed by atoms with Crippen LogP contribution >= 0.6 is 0 Å². The average molecular weight is 356 g/mol. The first-order valence-corrected chi connectivity index (χ1v) is 10.2. The molecular formula is C21H28N2O3. The van der Waals surface area contributed by atoms with Gasteiger partial charge in [0, 0.05) is 38.3 Å². The number of phenolic OH excluding ortho intramolecular Hbond substituents is 1. The van der Waals surface area contributed by atoms with Crippen molar-refractivity contribution in [3.05, 3.63) is 23.3 Å². The van der Waals surface area contributed by atoms with Gasteiger partial charge in [-0.25, -0.2) is 10.0 Å². The van der Waals surface area contributed by atoms with Crippen molar-refractivity contribution < 1.29 is 14.6 Å². The van der Waals surface area contributed by atoms with Crippen molar-refractivity contribution in [1.82, 2.24) is 10.0 Å². The SMILES string of the molecule is COC1(C)CCC2N(CC3CC3)N3CCC24c2c(ccc(O)c2O[C@@H]14)C3. The molecule has 3 fully saturated rings. The lowest BCUT2D eigenvalue weighted by Gasteiger charge is -2.59. The van der Waals surface area contributed by atoms with Crippen LogP contribution in [0.15, 0.2) is 12.1 Å². The molecular weight excluding hydrogens is 328 g/mol. The number of hydrogen-bond acceptors (Lipinski definition) is 5. The van der Waals surface area contributed by atoms with E-state index < -0.39 is 0 Å². The molecule has 5 heteroatoms. The number of hydrazine groups is 1. The molecule has 2 bridgehead atoms. The molecule has 4 heterocycles. The number of ether oxygens (including phenoxy) is 2. The van der Waals surface area contributed by atoms with Crippen molar-refractivity contribution in [2.45, 2.75) is 68.7 Å². The zero-order chi connectivity index (χ0) is 17.7. The lowest BCUT2D eigenvalue weighted by atomic mass is 9.58. The van der Waals surface area contributed by atoms with Gasteiger partial charge in [-0.05, 0) is 56.6 Å². The van der Waals surface area contributed by atoms with Gasteiger partial charge in [0.1, 0.15) is 11.7 Å². The van der Waals surface area contributed by atoms with E-state index in [1.807, 2.05) is 13.2 Å². The van der Waals surface area contributed by atoms with E-state index in [4.69, 9.17) is 9.47 Å². The Morgan fingerprint density at radius 2 is 2.12 bits per heavy atom. The first-order valence-electron chi connectivity index (χ1n) is 10.2. The maximum absolute atomic E-state index is 10.6. The lowest BCUT2D eigenvalue weighted by molar-refractivity contribution is -0.201. The summed E-state index contributed by atoms with van der Waals surface area (Å²) in [6, 6.07) is 4.39. The number of fused-ring (bicyclic) bond motifs is 1. The molecule has 1 N–H and O–H groups in total. The predicted octanol–water partition coefficient (Wildman–Crippen LogP) is 2.80. The Hall–Kier alpha value is -1.30. The molecule has 1 spiro atoms. The first-order chi connectivity index (χ1) is 12.6. The van der Waals surface area contributed by atoms with Crippen LogP contribution in [0.2, 0.25) is 0 Å². The topological polar surface area (TPSA) is 45.2 Å². The minimum atomic E-state index is -0.309. The molecule has 0 radical (unpaired) electrons. The van der Waals surface area contributed by atoms with Crippen LogP contribution in [0.1, 0.15) is 50.2 Å². The quantitative estimate of drug-likeness (QED) is 0.902. The largest absolute Gasteiger partial charge is 0.504 e. The van der Waals surface area contributed by atoms with E-state index in [0.29, 0.717) is 11.8 Å². The minimum Gasteiger partial charge on any atom is -0.504 e. The van der Waals surface area contributed by atoms with E-state index in [9.17, 15) is 5.11 Å². The van der Waals surface area contributed by atoms with Crippen LogP contribution in [-0.2, 0) is 16.7 Å². The summed E-state index contributed by atoms with van der Waals surface area (Å²) in [5.74, 6) is 1.88. The fourth-order valence-corrected chi connectivity index (χ4v) is 6.41. The van der Waals surface area contributed by atoms with Crippen molar-refractivity contribution in [3.63, 3.8) is 0 Å². The normalized spacial score (nSPS) is 43.1. The molecule has 26 heavy (non-hydrogen) atoms. The lowest BCUT2D eigenvalue weighted by Crippen LogP contribution is -2.71. The molecule has 5 atom stereocenters. The van der Waals surface area contributed by atoms with Gasteiger partial charge < -0.3 is 14.6 Å². The van der Waals surface area contributed by atoms with Gasteiger partial charge >= 0.3 is 0 Å². The second-order valence-electron chi connectivity index (χ2n) is 9.26. The molecule has 7 rings (SSSR count). The Balaban J connectivity index is 1.58. The standard InChI is InChI=1S/C21H28N2O3/c1-20(25-2)8-7-16-21-9-10-22(23(16)11-13-3-4-13)12-14-5-6-15(24)18(17(14)21)26-19(20)21/h5-6,13,16,19,24H,3-4,7-12H2,1-2H3/t16?,19-,20?,21?/m0/s1. The summed E-state index contributed by atoms with van der Waals surface area (Å²) in [7, 11) is 1.82. The highest BCUT2D eigenvalue weighted by atomic mass is 16.6. The van der Waals surface area contributed by atoms with Gasteiger partial charge in [0.25, 0.3) is 0 Å². The van der Waals surface area contributed by atoms with Crippen LogP contribution in [0.3, 0.4) is 0 Å². The number of aromatic hydroxyl groups is 1. The Bertz CT molecular complexity index is 779. The number of hydrogen-bond donors (Lipinski definition) is 1. The van der Waals surface area contributed by atoms with Crippen LogP contribution in [0.25, 0.3) is 0 Å². The van der Waals surface area contributed by atoms with E-state index in [-0.39, 0.29) is 17.1 Å². The predicted molar refractivity (Wildman–Crippen MR) is 97.1 cm³/mol. The Labute approximate surface area is 154 Å². The van der Waals surface area contributed by atoms with E-state index in [2.05, 4.69) is 23.0 Å². The van der Waals surface area contributed by atoms with Crippen LogP contribution in [0.5, 0.6) is 11.5 Å². The van der Waals surface area contributed by atoms with Gasteiger partial charge in [0.2, 0.25) is 0 Å². The maximum Gasteiger partial charge on any atom is 0.165 e. The average Bonchev–Trinajstić information content (AvgIpc) is 3.42. The van der Waals surface area contributed by atoms with Crippen LogP contribution in [0, 0.1) is 5.92 Å². The van der Waals surface area contributed by atoms with E-state index in [1.165, 1.54) is 30.5 Å². The summed E-state index contributed by atoms with van der Waals surface area (Å²) < 4.78 is 12.6. The van der Waals surface area contributed by atoms with Gasteiger partial charge in [0.15, 0.2) is 11.5 Å². The molecule has 4 aliphatic heterocycles. The summed E-state index contributed by atoms with van der Waals surface area (Å²) in [6.07, 6.45) is 5.94. The van der Waals surface area contributed by atoms with Gasteiger partial charge in [0.05, 0.1) is 5.41 Å². The maximum atomic E-state index is 10.6. The van der Waals surface area contributed by atoms with Crippen molar-refractivity contribution in [2.75, 3.05) is 20.2 Å². The number of rotatable bonds is 3. The second kappa shape index (κ2) is 4.94. The molecule has 2 aliphatic carbocycles. The third kappa shape index (κ3) is 1.77. The Morgan fingerprint density at radius 1 is 1.27 bits per heavy atom. The molecule has 2 saturated carbocycles. The van der Waals surface area contributed by atoms with E-state index >= 15 is 0 Å². The molecule has 140 valence electrons. The number of benzene rings is 1. The molecule has 0 aromatic heterocycles.